The van der Waals surface area contributed by atoms with Crippen molar-refractivity contribution in [2.45, 2.75) is 19.9 Å². The smallest absolute Gasteiger partial charge is 0.317 e. The molecule has 120 valence electrons. The van der Waals surface area contributed by atoms with Crippen LogP contribution in [0, 0.1) is 5.92 Å². The number of nitrogens with zero attached hydrogens (tertiary/aromatic N) is 2. The average molecular weight is 298 g/mol. The normalized spacial score (nSPS) is 26.0. The SMILES string of the molecule is CCNC(=O)N1CCN(C(=O)C2COCC2NCC)CC1. The maximum absolute atomic E-state index is 12.6. The minimum absolute atomic E-state index is 0.0423. The first-order chi connectivity index (χ1) is 10.2. The second-order valence-electron chi connectivity index (χ2n) is 5.46. The Labute approximate surface area is 126 Å². The van der Waals surface area contributed by atoms with Crippen molar-refractivity contribution < 1.29 is 14.3 Å². The van der Waals surface area contributed by atoms with E-state index in [0.29, 0.717) is 45.9 Å². The molecule has 21 heavy (non-hydrogen) atoms. The second kappa shape index (κ2) is 7.61. The van der Waals surface area contributed by atoms with Gasteiger partial charge in [0.25, 0.3) is 0 Å². The summed E-state index contributed by atoms with van der Waals surface area (Å²) in [6.45, 7) is 8.88. The topological polar surface area (TPSA) is 73.9 Å². The lowest BCUT2D eigenvalue weighted by Gasteiger charge is -2.36. The molecule has 0 radical (unpaired) electrons. The molecule has 2 N–H and O–H groups in total. The summed E-state index contributed by atoms with van der Waals surface area (Å²) in [6, 6.07) is 0.0724. The van der Waals surface area contributed by atoms with E-state index >= 15 is 0 Å². The molecule has 2 saturated heterocycles. The van der Waals surface area contributed by atoms with Crippen molar-refractivity contribution in [1.29, 1.82) is 0 Å². The summed E-state index contributed by atoms with van der Waals surface area (Å²) in [5.41, 5.74) is 0. The molecule has 0 aromatic heterocycles. The van der Waals surface area contributed by atoms with Crippen molar-refractivity contribution in [2.75, 3.05) is 52.5 Å². The first-order valence-electron chi connectivity index (χ1n) is 7.80. The van der Waals surface area contributed by atoms with Gasteiger partial charge in [0.05, 0.1) is 19.1 Å². The third kappa shape index (κ3) is 3.85. The molecular weight excluding hydrogens is 272 g/mol. The largest absolute Gasteiger partial charge is 0.379 e. The van der Waals surface area contributed by atoms with Crippen LogP contribution in [0.2, 0.25) is 0 Å². The molecule has 0 saturated carbocycles. The number of rotatable bonds is 4. The molecule has 2 rings (SSSR count). The van der Waals surface area contributed by atoms with Crippen molar-refractivity contribution in [3.63, 3.8) is 0 Å². The molecule has 2 heterocycles. The molecule has 2 fully saturated rings. The summed E-state index contributed by atoms with van der Waals surface area (Å²) >= 11 is 0. The third-order valence-corrected chi connectivity index (χ3v) is 4.07. The standard InChI is InChI=1S/C14H26N4O3/c1-3-15-12-10-21-9-11(12)13(19)17-5-7-18(8-6-17)14(20)16-4-2/h11-12,15H,3-10H2,1-2H3,(H,16,20). The molecule has 3 amide bonds. The maximum Gasteiger partial charge on any atom is 0.317 e. The van der Waals surface area contributed by atoms with Crippen molar-refractivity contribution in [2.24, 2.45) is 5.92 Å². The minimum Gasteiger partial charge on any atom is -0.379 e. The van der Waals surface area contributed by atoms with E-state index in [1.807, 2.05) is 18.7 Å². The first-order valence-corrected chi connectivity index (χ1v) is 7.80. The quantitative estimate of drug-likeness (QED) is 0.733. The van der Waals surface area contributed by atoms with Crippen LogP contribution in [0.5, 0.6) is 0 Å². The van der Waals surface area contributed by atoms with Gasteiger partial charge in [-0.1, -0.05) is 6.92 Å². The highest BCUT2D eigenvalue weighted by atomic mass is 16.5. The number of hydrogen-bond acceptors (Lipinski definition) is 4. The highest BCUT2D eigenvalue weighted by Crippen LogP contribution is 2.18. The van der Waals surface area contributed by atoms with Crippen molar-refractivity contribution in [3.8, 4) is 0 Å². The zero-order valence-electron chi connectivity index (χ0n) is 12.9. The molecular formula is C14H26N4O3. The monoisotopic (exact) mass is 298 g/mol. The number of piperazine rings is 1. The molecule has 7 nitrogen and oxygen atoms in total. The maximum atomic E-state index is 12.6. The van der Waals surface area contributed by atoms with Crippen LogP contribution in [0.3, 0.4) is 0 Å². The number of ether oxygens (including phenoxy) is 1. The van der Waals surface area contributed by atoms with Crippen molar-refractivity contribution in [3.05, 3.63) is 0 Å². The van der Waals surface area contributed by atoms with Gasteiger partial charge in [0, 0.05) is 38.8 Å². The van der Waals surface area contributed by atoms with E-state index in [-0.39, 0.29) is 23.9 Å². The van der Waals surface area contributed by atoms with Gasteiger partial charge in [0.1, 0.15) is 0 Å². The van der Waals surface area contributed by atoms with Crippen LogP contribution in [0.25, 0.3) is 0 Å². The molecule has 2 atom stereocenters. The Balaban J connectivity index is 1.84. The summed E-state index contributed by atoms with van der Waals surface area (Å²) in [5.74, 6) is 0.0509. The zero-order chi connectivity index (χ0) is 15.2. The molecule has 0 aromatic carbocycles. The molecule has 7 heteroatoms. The minimum atomic E-state index is -0.0963. The second-order valence-corrected chi connectivity index (χ2v) is 5.46. The lowest BCUT2D eigenvalue weighted by atomic mass is 10.0. The summed E-state index contributed by atoms with van der Waals surface area (Å²) in [6.07, 6.45) is 0. The Morgan fingerprint density at radius 2 is 1.71 bits per heavy atom. The fraction of sp³-hybridized carbons (Fsp3) is 0.857. The first kappa shape index (κ1) is 16.0. The van der Waals surface area contributed by atoms with E-state index < -0.39 is 0 Å². The summed E-state index contributed by atoms with van der Waals surface area (Å²) in [4.78, 5) is 27.9. The van der Waals surface area contributed by atoms with Crippen LogP contribution in [-0.4, -0.2) is 80.3 Å². The van der Waals surface area contributed by atoms with E-state index in [9.17, 15) is 9.59 Å². The number of likely N-dealkylation sites (N-methyl/N-ethyl adjacent to an activating group) is 1. The number of carbonyl (C=O) groups is 2. The summed E-state index contributed by atoms with van der Waals surface area (Å²) < 4.78 is 5.44. The number of urea groups is 1. The van der Waals surface area contributed by atoms with Crippen LogP contribution in [0.4, 0.5) is 4.79 Å². The molecule has 0 bridgehead atoms. The van der Waals surface area contributed by atoms with E-state index in [2.05, 4.69) is 10.6 Å². The van der Waals surface area contributed by atoms with Gasteiger partial charge in [-0.15, -0.1) is 0 Å². The van der Waals surface area contributed by atoms with E-state index in [4.69, 9.17) is 4.74 Å². The van der Waals surface area contributed by atoms with Crippen LogP contribution in [-0.2, 0) is 9.53 Å². The van der Waals surface area contributed by atoms with Gasteiger partial charge in [-0.2, -0.15) is 0 Å². The molecule has 0 aliphatic carbocycles. The molecule has 0 aromatic rings. The summed E-state index contributed by atoms with van der Waals surface area (Å²) in [7, 11) is 0. The number of amides is 3. The van der Waals surface area contributed by atoms with Gasteiger partial charge in [-0.25, -0.2) is 4.79 Å². The Morgan fingerprint density at radius 3 is 2.33 bits per heavy atom. The lowest BCUT2D eigenvalue weighted by Crippen LogP contribution is -2.55. The Morgan fingerprint density at radius 1 is 1.05 bits per heavy atom. The number of hydrogen-bond donors (Lipinski definition) is 2. The third-order valence-electron chi connectivity index (χ3n) is 4.07. The molecule has 2 aliphatic rings. The molecule has 2 unspecified atom stereocenters. The van der Waals surface area contributed by atoms with Crippen molar-refractivity contribution >= 4 is 11.9 Å². The van der Waals surface area contributed by atoms with Crippen LogP contribution in [0.15, 0.2) is 0 Å². The predicted octanol–water partition coefficient (Wildman–Crippen LogP) is -0.515. The van der Waals surface area contributed by atoms with Gasteiger partial charge >= 0.3 is 6.03 Å². The van der Waals surface area contributed by atoms with E-state index in [1.54, 1.807) is 4.90 Å². The van der Waals surface area contributed by atoms with Crippen molar-refractivity contribution in [1.82, 2.24) is 20.4 Å². The lowest BCUT2D eigenvalue weighted by molar-refractivity contribution is -0.137. The Hall–Kier alpha value is -1.34. The number of carbonyl (C=O) groups excluding carboxylic acids is 2. The van der Waals surface area contributed by atoms with Gasteiger partial charge in [0.2, 0.25) is 5.91 Å². The highest BCUT2D eigenvalue weighted by molar-refractivity contribution is 5.81. The molecule has 2 aliphatic heterocycles. The van der Waals surface area contributed by atoms with Gasteiger partial charge in [-0.3, -0.25) is 4.79 Å². The predicted molar refractivity (Wildman–Crippen MR) is 79.0 cm³/mol. The van der Waals surface area contributed by atoms with Gasteiger partial charge in [0.15, 0.2) is 0 Å². The van der Waals surface area contributed by atoms with Crippen LogP contribution in [0.1, 0.15) is 13.8 Å². The highest BCUT2D eigenvalue weighted by Gasteiger charge is 2.37. The average Bonchev–Trinajstić information content (AvgIpc) is 2.95. The Kier molecular flexibility index (Phi) is 5.81. The number of nitrogens with one attached hydrogen (secondary N) is 2. The Bertz CT molecular complexity index is 369. The fourth-order valence-corrected chi connectivity index (χ4v) is 2.89. The van der Waals surface area contributed by atoms with E-state index in [1.165, 1.54) is 0 Å². The van der Waals surface area contributed by atoms with Crippen LogP contribution < -0.4 is 10.6 Å². The van der Waals surface area contributed by atoms with E-state index in [0.717, 1.165) is 6.54 Å². The van der Waals surface area contributed by atoms with Gasteiger partial charge in [-0.05, 0) is 13.5 Å². The fourth-order valence-electron chi connectivity index (χ4n) is 2.89. The van der Waals surface area contributed by atoms with Crippen LogP contribution >= 0.6 is 0 Å². The zero-order valence-corrected chi connectivity index (χ0v) is 12.9. The van der Waals surface area contributed by atoms with Gasteiger partial charge < -0.3 is 25.2 Å². The summed E-state index contributed by atoms with van der Waals surface area (Å²) in [5, 5.41) is 6.10. The molecule has 0 spiro atoms.